The standard InChI is InChI=1S/C5H14NO.CH4N2O.3ClH.Zn/c1-6(2,3)4-5-7;2-1(3)4;;;;/h7H,4-5H2,1-3H3;(H4,2,3,4);3*1H;/q+1;;;;;+2/p-3. The maximum absolute atomic E-state index is 9.00. The number of halogens is 3. The van der Waals surface area contributed by atoms with Crippen LogP contribution in [-0.4, -0.2) is 49.9 Å². The molecule has 0 aliphatic carbocycles. The van der Waals surface area contributed by atoms with Gasteiger partial charge in [-0.05, 0) is 0 Å². The smallest absolute Gasteiger partial charge is 1.00 e. The summed E-state index contributed by atoms with van der Waals surface area (Å²) in [6, 6.07) is -0.833. The average molecular weight is 336 g/mol. The number of urea groups is 1. The molecule has 15 heavy (non-hydrogen) atoms. The van der Waals surface area contributed by atoms with E-state index in [9.17, 15) is 0 Å². The zero-order chi connectivity index (χ0) is 9.49. The van der Waals surface area contributed by atoms with Gasteiger partial charge in [-0.15, -0.1) is 0 Å². The molecule has 5 N–H and O–H groups in total. The summed E-state index contributed by atoms with van der Waals surface area (Å²) >= 11 is 0. The summed E-state index contributed by atoms with van der Waals surface area (Å²) in [5, 5.41) is 8.39. The van der Waals surface area contributed by atoms with Crippen LogP contribution in [0, 0.1) is 0 Å². The molecule has 0 aliphatic heterocycles. The number of likely N-dealkylation sites (N-methyl/N-ethyl adjacent to an activating group) is 1. The quantitative estimate of drug-likeness (QED) is 0.345. The summed E-state index contributed by atoms with van der Waals surface area (Å²) in [7, 11) is 6.16. The number of nitrogens with two attached hydrogens (primary N) is 2. The van der Waals surface area contributed by atoms with Crippen LogP contribution in [-0.2, 0) is 19.5 Å². The molecule has 2 amide bonds. The Morgan fingerprint density at radius 2 is 1.33 bits per heavy atom. The van der Waals surface area contributed by atoms with Gasteiger partial charge >= 0.3 is 25.5 Å². The van der Waals surface area contributed by atoms with E-state index in [1.54, 1.807) is 0 Å². The topological polar surface area (TPSA) is 89.3 Å². The molecule has 0 fully saturated rings. The first-order chi connectivity index (χ1) is 4.79. The molecule has 0 heterocycles. The summed E-state index contributed by atoms with van der Waals surface area (Å²) < 4.78 is 0.844. The Hall–Kier alpha value is 0.683. The fourth-order valence-electron chi connectivity index (χ4n) is 0.300. The largest absolute Gasteiger partial charge is 2.00 e. The SMILES string of the molecule is C[N+](C)(C)CCO.NC(N)=O.[Cl-].[Cl-].[Cl-].[Zn+2]. The number of carbonyl (C=O) groups is 1. The molecule has 0 aromatic heterocycles. The Morgan fingerprint density at radius 3 is 1.33 bits per heavy atom. The van der Waals surface area contributed by atoms with Crippen molar-refractivity contribution < 1.29 is 71.1 Å². The van der Waals surface area contributed by atoms with Crippen molar-refractivity contribution in [3.8, 4) is 0 Å². The molecule has 0 unspecified atom stereocenters. The van der Waals surface area contributed by atoms with Crippen molar-refractivity contribution in [1.29, 1.82) is 0 Å². The number of aliphatic hydroxyl groups excluding tert-OH is 1. The number of amides is 2. The molecule has 0 atom stereocenters. The van der Waals surface area contributed by atoms with Gasteiger partial charge in [0.15, 0.2) is 0 Å². The Morgan fingerprint density at radius 1 is 1.13 bits per heavy atom. The summed E-state index contributed by atoms with van der Waals surface area (Å²) in [5.74, 6) is 0. The van der Waals surface area contributed by atoms with Crippen molar-refractivity contribution in [2.45, 2.75) is 0 Å². The Balaban J connectivity index is -0.0000000230. The van der Waals surface area contributed by atoms with Gasteiger partial charge in [0.1, 0.15) is 6.54 Å². The monoisotopic (exact) mass is 333 g/mol. The van der Waals surface area contributed by atoms with Crippen molar-refractivity contribution >= 4 is 6.03 Å². The number of quaternary nitrogens is 1. The van der Waals surface area contributed by atoms with Gasteiger partial charge in [-0.25, -0.2) is 4.79 Å². The minimum Gasteiger partial charge on any atom is -1.00 e. The first-order valence-corrected chi connectivity index (χ1v) is 3.26. The Kier molecular flexibility index (Phi) is 48.4. The molecule has 0 bridgehead atoms. The fourth-order valence-corrected chi connectivity index (χ4v) is 0.300. The molecule has 92 valence electrons. The first kappa shape index (κ1) is 36.1. The first-order valence-electron chi connectivity index (χ1n) is 3.26. The Labute approximate surface area is 123 Å². The number of hydrogen-bond donors (Lipinski definition) is 3. The minimum atomic E-state index is -0.833. The molecule has 0 aliphatic rings. The minimum absolute atomic E-state index is 0. The van der Waals surface area contributed by atoms with E-state index in [1.807, 2.05) is 0 Å². The van der Waals surface area contributed by atoms with Crippen molar-refractivity contribution in [2.24, 2.45) is 11.5 Å². The van der Waals surface area contributed by atoms with E-state index in [4.69, 9.17) is 9.90 Å². The second kappa shape index (κ2) is 20.1. The van der Waals surface area contributed by atoms with Crippen LogP contribution in [0.25, 0.3) is 0 Å². The molecular weight excluding hydrogens is 318 g/mol. The van der Waals surface area contributed by atoms with E-state index in [0.717, 1.165) is 11.0 Å². The van der Waals surface area contributed by atoms with Crippen LogP contribution in [0.4, 0.5) is 4.79 Å². The van der Waals surface area contributed by atoms with Gasteiger partial charge in [0.25, 0.3) is 0 Å². The predicted octanol–water partition coefficient (Wildman–Crippen LogP) is -10.3. The van der Waals surface area contributed by atoms with E-state index in [2.05, 4.69) is 32.6 Å². The van der Waals surface area contributed by atoms with Crippen molar-refractivity contribution in [2.75, 3.05) is 34.3 Å². The third-order valence-corrected chi connectivity index (χ3v) is 0.771. The van der Waals surface area contributed by atoms with Gasteiger partial charge in [0.05, 0.1) is 27.7 Å². The number of aliphatic hydroxyl groups is 1. The summed E-state index contributed by atoms with van der Waals surface area (Å²) in [5.41, 5.74) is 8.50. The third-order valence-electron chi connectivity index (χ3n) is 0.771. The molecule has 0 aromatic rings. The average Bonchev–Trinajstić information content (AvgIpc) is 1.58. The van der Waals surface area contributed by atoms with Crippen molar-refractivity contribution in [3.05, 3.63) is 0 Å². The van der Waals surface area contributed by atoms with Crippen LogP contribution in [0.1, 0.15) is 0 Å². The molecule has 0 aromatic carbocycles. The van der Waals surface area contributed by atoms with Crippen LogP contribution >= 0.6 is 0 Å². The number of carbonyl (C=O) groups excluding carboxylic acids is 1. The third kappa shape index (κ3) is 108. The van der Waals surface area contributed by atoms with E-state index < -0.39 is 6.03 Å². The van der Waals surface area contributed by atoms with E-state index >= 15 is 0 Å². The number of nitrogens with zero attached hydrogens (tertiary/aromatic N) is 1. The van der Waals surface area contributed by atoms with Crippen LogP contribution in [0.2, 0.25) is 0 Å². The zero-order valence-electron chi connectivity index (χ0n) is 9.21. The summed E-state index contributed by atoms with van der Waals surface area (Å²) in [6.07, 6.45) is 0. The van der Waals surface area contributed by atoms with Gasteiger partial charge in [-0.1, -0.05) is 0 Å². The molecular formula is C6H18Cl3N3O2Zn. The van der Waals surface area contributed by atoms with Crippen LogP contribution in [0.5, 0.6) is 0 Å². The van der Waals surface area contributed by atoms with E-state index in [0.29, 0.717) is 0 Å². The molecule has 0 radical (unpaired) electrons. The Bertz CT molecular complexity index is 121. The molecule has 0 rings (SSSR count). The predicted molar refractivity (Wildman–Crippen MR) is 43.8 cm³/mol. The number of primary amides is 2. The van der Waals surface area contributed by atoms with Gasteiger partial charge in [0, 0.05) is 0 Å². The van der Waals surface area contributed by atoms with Crippen molar-refractivity contribution in [3.63, 3.8) is 0 Å². The van der Waals surface area contributed by atoms with Gasteiger partial charge in [-0.2, -0.15) is 0 Å². The molecule has 0 spiro atoms. The van der Waals surface area contributed by atoms with E-state index in [1.165, 1.54) is 0 Å². The molecule has 0 saturated heterocycles. The normalized spacial score (nSPS) is 7.20. The van der Waals surface area contributed by atoms with Crippen LogP contribution in [0.15, 0.2) is 0 Å². The summed E-state index contributed by atoms with van der Waals surface area (Å²) in [4.78, 5) is 9.00. The fraction of sp³-hybridized carbons (Fsp3) is 0.833. The maximum Gasteiger partial charge on any atom is 2.00 e. The van der Waals surface area contributed by atoms with Gasteiger partial charge in [0.2, 0.25) is 0 Å². The van der Waals surface area contributed by atoms with Gasteiger partial charge < -0.3 is 58.3 Å². The van der Waals surface area contributed by atoms with Crippen LogP contribution < -0.4 is 48.7 Å². The maximum atomic E-state index is 9.00. The molecule has 0 saturated carbocycles. The second-order valence-electron chi connectivity index (χ2n) is 3.14. The number of rotatable bonds is 2. The van der Waals surface area contributed by atoms with E-state index in [-0.39, 0.29) is 63.3 Å². The van der Waals surface area contributed by atoms with Crippen LogP contribution in [0.3, 0.4) is 0 Å². The molecule has 5 nitrogen and oxygen atoms in total. The zero-order valence-corrected chi connectivity index (χ0v) is 14.4. The number of hydrogen-bond acceptors (Lipinski definition) is 2. The van der Waals surface area contributed by atoms with Crippen molar-refractivity contribution in [1.82, 2.24) is 0 Å². The van der Waals surface area contributed by atoms with Gasteiger partial charge in [-0.3, -0.25) is 0 Å². The summed E-state index contributed by atoms with van der Waals surface area (Å²) in [6.45, 7) is 1.11. The molecule has 9 heteroatoms. The second-order valence-corrected chi connectivity index (χ2v) is 3.14.